The van der Waals surface area contributed by atoms with Gasteiger partial charge < -0.3 is 16.6 Å². The fourth-order valence-electron chi connectivity index (χ4n) is 0.234. The molecule has 0 spiro atoms. The highest BCUT2D eigenvalue weighted by Gasteiger charge is 2.08. The lowest BCUT2D eigenvalue weighted by molar-refractivity contribution is -0.138. The molecule has 0 saturated carbocycles. The summed E-state index contributed by atoms with van der Waals surface area (Å²) >= 11 is 0. The Hall–Kier alpha value is -1.34. The van der Waals surface area contributed by atoms with Crippen molar-refractivity contribution in [1.29, 1.82) is 0 Å². The summed E-state index contributed by atoms with van der Waals surface area (Å²) in [5, 5.41) is 16.1. The van der Waals surface area contributed by atoms with Gasteiger partial charge in [0.05, 0.1) is 0 Å². The second-order valence-electron chi connectivity index (χ2n) is 1.41. The van der Waals surface area contributed by atoms with E-state index in [1.165, 1.54) is 5.48 Å². The van der Waals surface area contributed by atoms with E-state index in [4.69, 9.17) is 21.8 Å². The maximum atomic E-state index is 9.95. The molecule has 0 aliphatic carbocycles. The smallest absolute Gasteiger partial charge is 0.343 e. The van der Waals surface area contributed by atoms with Gasteiger partial charge in [-0.1, -0.05) is 0 Å². The Balaban J connectivity index is 3.99. The van der Waals surface area contributed by atoms with Crippen LogP contribution < -0.4 is 16.9 Å². The first kappa shape index (κ1) is 8.66. The average molecular weight is 148 g/mol. The Bertz CT molecular complexity index is 156. The summed E-state index contributed by atoms with van der Waals surface area (Å²) in [5.41, 5.74) is 11.2. The van der Waals surface area contributed by atoms with Crippen molar-refractivity contribution in [2.24, 2.45) is 16.5 Å². The van der Waals surface area contributed by atoms with Crippen molar-refractivity contribution in [2.75, 3.05) is 0 Å². The molecular formula is C3H8N4O3. The van der Waals surface area contributed by atoms with Crippen molar-refractivity contribution in [3.8, 4) is 0 Å². The number of carbonyl (C=O) groups is 1. The average Bonchev–Trinajstić information content (AvgIpc) is 1.87. The van der Waals surface area contributed by atoms with Crippen LogP contribution in [0.15, 0.2) is 4.99 Å². The fraction of sp³-hybridized carbons (Fsp3) is 0.333. The fourth-order valence-corrected chi connectivity index (χ4v) is 0.234. The number of hydrogen-bond donors (Lipinski definition) is 5. The summed E-state index contributed by atoms with van der Waals surface area (Å²) in [5.74, 6) is -1.76. The number of nitrogens with one attached hydrogen (secondary N) is 1. The molecule has 7 N–H and O–H groups in total. The predicted octanol–water partition coefficient (Wildman–Crippen LogP) is -2.35. The summed E-state index contributed by atoms with van der Waals surface area (Å²) in [6, 6.07) is 0. The van der Waals surface area contributed by atoms with Gasteiger partial charge >= 0.3 is 5.97 Å². The number of nitrogens with two attached hydrogens (primary N) is 2. The van der Waals surface area contributed by atoms with Gasteiger partial charge in [0.15, 0.2) is 6.17 Å². The Morgan fingerprint density at radius 2 is 2.20 bits per heavy atom. The second-order valence-corrected chi connectivity index (χ2v) is 1.41. The molecule has 7 heteroatoms. The Morgan fingerprint density at radius 1 is 1.70 bits per heavy atom. The number of rotatable bonds is 2. The molecule has 0 fully saturated rings. The van der Waals surface area contributed by atoms with Gasteiger partial charge in [-0.15, -0.1) is 0 Å². The van der Waals surface area contributed by atoms with E-state index in [1.54, 1.807) is 0 Å². The van der Waals surface area contributed by atoms with Crippen LogP contribution in [0, 0.1) is 0 Å². The summed E-state index contributed by atoms with van der Waals surface area (Å²) in [6.07, 6.45) is -1.44. The van der Waals surface area contributed by atoms with Crippen LogP contribution >= 0.6 is 0 Å². The summed E-state index contributed by atoms with van der Waals surface area (Å²) in [4.78, 5) is 13.1. The molecule has 0 aromatic rings. The normalized spacial score (nSPS) is 14.4. The first-order valence-electron chi connectivity index (χ1n) is 2.29. The summed E-state index contributed by atoms with van der Waals surface area (Å²) < 4.78 is 0. The molecule has 7 nitrogen and oxygen atoms in total. The van der Waals surface area contributed by atoms with E-state index in [0.29, 0.717) is 0 Å². The molecule has 1 unspecified atom stereocenters. The van der Waals surface area contributed by atoms with Crippen LogP contribution in [-0.4, -0.2) is 28.4 Å². The highest BCUT2D eigenvalue weighted by atomic mass is 16.5. The first-order valence-corrected chi connectivity index (χ1v) is 2.29. The Labute approximate surface area is 56.3 Å². The lowest BCUT2D eigenvalue weighted by Crippen LogP contribution is -2.36. The lowest BCUT2D eigenvalue weighted by atomic mass is 10.5. The molecule has 0 rings (SSSR count). The SMILES string of the molecule is N/C(=N\C(N)C(=O)O)NO. The number of aliphatic carboxylic acids is 1. The predicted molar refractivity (Wildman–Crippen MR) is 32.2 cm³/mol. The molecule has 10 heavy (non-hydrogen) atoms. The molecule has 0 bridgehead atoms. The zero-order valence-electron chi connectivity index (χ0n) is 4.98. The third-order valence-corrected chi connectivity index (χ3v) is 0.646. The topological polar surface area (TPSA) is 134 Å². The molecule has 0 aromatic carbocycles. The number of guanidine groups is 1. The van der Waals surface area contributed by atoms with Crippen LogP contribution in [0.3, 0.4) is 0 Å². The molecule has 0 amide bonds. The molecule has 0 aliphatic rings. The van der Waals surface area contributed by atoms with Gasteiger partial charge in [-0.25, -0.2) is 15.3 Å². The zero-order chi connectivity index (χ0) is 8.15. The van der Waals surface area contributed by atoms with Crippen LogP contribution in [0.5, 0.6) is 0 Å². The van der Waals surface area contributed by atoms with Gasteiger partial charge in [0.25, 0.3) is 0 Å². The minimum Gasteiger partial charge on any atom is -0.479 e. The van der Waals surface area contributed by atoms with Gasteiger partial charge in [-0.2, -0.15) is 0 Å². The number of hydrogen-bond acceptors (Lipinski definition) is 4. The van der Waals surface area contributed by atoms with Gasteiger partial charge in [-0.3, -0.25) is 5.21 Å². The number of aliphatic imine (C=N–C) groups is 1. The summed E-state index contributed by atoms with van der Waals surface area (Å²) in [6.45, 7) is 0. The monoisotopic (exact) mass is 148 g/mol. The molecule has 0 heterocycles. The maximum Gasteiger partial charge on any atom is 0.343 e. The number of hydroxylamine groups is 1. The van der Waals surface area contributed by atoms with E-state index in [-0.39, 0.29) is 0 Å². The van der Waals surface area contributed by atoms with E-state index in [9.17, 15) is 4.79 Å². The molecule has 0 radical (unpaired) electrons. The Kier molecular flexibility index (Phi) is 3.15. The molecule has 0 aliphatic heterocycles. The van der Waals surface area contributed by atoms with Crippen molar-refractivity contribution < 1.29 is 15.1 Å². The van der Waals surface area contributed by atoms with Crippen molar-refractivity contribution in [1.82, 2.24) is 5.48 Å². The molecular weight excluding hydrogens is 140 g/mol. The van der Waals surface area contributed by atoms with Gasteiger partial charge in [0.2, 0.25) is 5.96 Å². The standard InChI is InChI=1S/C3H8N4O3/c4-1(2(8)9)6-3(5)7-10/h1,10H,4H2,(H,8,9)(H3,5,6,7). The van der Waals surface area contributed by atoms with E-state index in [0.717, 1.165) is 0 Å². The minimum atomic E-state index is -1.44. The summed E-state index contributed by atoms with van der Waals surface area (Å²) in [7, 11) is 0. The Morgan fingerprint density at radius 3 is 2.50 bits per heavy atom. The van der Waals surface area contributed by atoms with Crippen LogP contribution in [0.1, 0.15) is 0 Å². The lowest BCUT2D eigenvalue weighted by Gasteiger charge is -2.00. The van der Waals surface area contributed by atoms with Crippen molar-refractivity contribution in [3.05, 3.63) is 0 Å². The molecule has 0 saturated heterocycles. The van der Waals surface area contributed by atoms with Gasteiger partial charge in [-0.05, 0) is 0 Å². The first-order chi connectivity index (χ1) is 4.57. The molecule has 1 atom stereocenters. The second kappa shape index (κ2) is 3.64. The van der Waals surface area contributed by atoms with E-state index >= 15 is 0 Å². The van der Waals surface area contributed by atoms with E-state index in [1.807, 2.05) is 0 Å². The van der Waals surface area contributed by atoms with Crippen molar-refractivity contribution >= 4 is 11.9 Å². The van der Waals surface area contributed by atoms with Crippen LogP contribution in [-0.2, 0) is 4.79 Å². The van der Waals surface area contributed by atoms with Crippen LogP contribution in [0.4, 0.5) is 0 Å². The van der Waals surface area contributed by atoms with Gasteiger partial charge in [0, 0.05) is 0 Å². The third-order valence-electron chi connectivity index (χ3n) is 0.646. The van der Waals surface area contributed by atoms with E-state index < -0.39 is 18.1 Å². The number of carboxylic acids is 1. The third kappa shape index (κ3) is 2.84. The zero-order valence-corrected chi connectivity index (χ0v) is 4.98. The van der Waals surface area contributed by atoms with Crippen molar-refractivity contribution in [2.45, 2.75) is 6.17 Å². The minimum absolute atomic E-state index is 0.435. The number of carboxylic acid groups (broad SMARTS) is 1. The molecule has 58 valence electrons. The molecule has 0 aromatic heterocycles. The quantitative estimate of drug-likeness (QED) is 0.169. The number of nitrogens with zero attached hydrogens (tertiary/aromatic N) is 1. The highest BCUT2D eigenvalue weighted by Crippen LogP contribution is 1.78. The highest BCUT2D eigenvalue weighted by molar-refractivity contribution is 5.81. The van der Waals surface area contributed by atoms with Crippen LogP contribution in [0.2, 0.25) is 0 Å². The van der Waals surface area contributed by atoms with Crippen LogP contribution in [0.25, 0.3) is 0 Å². The van der Waals surface area contributed by atoms with Crippen molar-refractivity contribution in [3.63, 3.8) is 0 Å². The van der Waals surface area contributed by atoms with E-state index in [2.05, 4.69) is 4.99 Å². The maximum absolute atomic E-state index is 9.95. The van der Waals surface area contributed by atoms with Gasteiger partial charge in [0.1, 0.15) is 0 Å². The largest absolute Gasteiger partial charge is 0.479 e.